The predicted molar refractivity (Wildman–Crippen MR) is 69.4 cm³/mol. The summed E-state index contributed by atoms with van der Waals surface area (Å²) in [6.07, 6.45) is 3.41. The van der Waals surface area contributed by atoms with Gasteiger partial charge in [0.25, 0.3) is 0 Å². The molecule has 90 valence electrons. The summed E-state index contributed by atoms with van der Waals surface area (Å²) >= 11 is 1.65. The molecule has 1 heterocycles. The number of thioether (sulfide) groups is 1. The first-order chi connectivity index (χ1) is 8.35. The minimum Gasteiger partial charge on any atom is -0.480 e. The van der Waals surface area contributed by atoms with E-state index in [4.69, 9.17) is 14.9 Å². The van der Waals surface area contributed by atoms with Gasteiger partial charge < -0.3 is 14.9 Å². The van der Waals surface area contributed by atoms with E-state index in [9.17, 15) is 0 Å². The van der Waals surface area contributed by atoms with Crippen molar-refractivity contribution in [1.82, 2.24) is 0 Å². The van der Waals surface area contributed by atoms with Crippen LogP contribution < -0.4 is 10.5 Å². The second kappa shape index (κ2) is 5.80. The quantitative estimate of drug-likeness (QED) is 0.827. The molecule has 3 nitrogen and oxygen atoms in total. The van der Waals surface area contributed by atoms with Gasteiger partial charge in [0.15, 0.2) is 6.10 Å². The molecule has 4 heteroatoms. The number of rotatable bonds is 5. The van der Waals surface area contributed by atoms with Gasteiger partial charge in [-0.15, -0.1) is 11.8 Å². The molecule has 0 aliphatic carbocycles. The molecule has 0 saturated heterocycles. The van der Waals surface area contributed by atoms with Gasteiger partial charge in [-0.1, -0.05) is 12.1 Å². The van der Waals surface area contributed by atoms with Gasteiger partial charge in [-0.2, -0.15) is 0 Å². The van der Waals surface area contributed by atoms with Gasteiger partial charge in [-0.05, 0) is 30.5 Å². The number of para-hydroxylation sites is 1. The number of nitrogens with two attached hydrogens (primary N) is 1. The highest BCUT2D eigenvalue weighted by atomic mass is 32.2. The van der Waals surface area contributed by atoms with Gasteiger partial charge in [-0.25, -0.2) is 0 Å². The summed E-state index contributed by atoms with van der Waals surface area (Å²) in [5.41, 5.74) is 5.71. The van der Waals surface area contributed by atoms with Crippen molar-refractivity contribution in [3.8, 4) is 5.75 Å². The average molecular weight is 249 g/mol. The third kappa shape index (κ3) is 2.84. The average Bonchev–Trinajstić information content (AvgIpc) is 2.90. The van der Waals surface area contributed by atoms with Gasteiger partial charge in [0.05, 0.1) is 6.26 Å². The Kier molecular flexibility index (Phi) is 4.12. The van der Waals surface area contributed by atoms with Crippen molar-refractivity contribution < 1.29 is 9.15 Å². The first-order valence-corrected chi connectivity index (χ1v) is 6.60. The van der Waals surface area contributed by atoms with Crippen molar-refractivity contribution in [2.45, 2.75) is 11.0 Å². The Labute approximate surface area is 105 Å². The molecule has 0 spiro atoms. The smallest absolute Gasteiger partial charge is 0.168 e. The summed E-state index contributed by atoms with van der Waals surface area (Å²) in [7, 11) is 0. The van der Waals surface area contributed by atoms with Crippen LogP contribution in [0.4, 0.5) is 0 Å². The van der Waals surface area contributed by atoms with Crippen molar-refractivity contribution >= 4 is 11.8 Å². The van der Waals surface area contributed by atoms with E-state index in [2.05, 4.69) is 0 Å². The van der Waals surface area contributed by atoms with E-state index in [0.29, 0.717) is 6.54 Å². The van der Waals surface area contributed by atoms with Crippen LogP contribution in [0.2, 0.25) is 0 Å². The molecule has 0 aliphatic rings. The van der Waals surface area contributed by atoms with Gasteiger partial charge in [-0.3, -0.25) is 0 Å². The van der Waals surface area contributed by atoms with E-state index in [1.54, 1.807) is 18.0 Å². The van der Waals surface area contributed by atoms with E-state index in [-0.39, 0.29) is 6.10 Å². The van der Waals surface area contributed by atoms with Crippen LogP contribution in [-0.4, -0.2) is 12.8 Å². The second-order valence-electron chi connectivity index (χ2n) is 3.51. The Hall–Kier alpha value is -1.39. The Morgan fingerprint density at radius 3 is 2.76 bits per heavy atom. The minimum atomic E-state index is -0.238. The molecule has 1 aromatic heterocycles. The minimum absolute atomic E-state index is 0.238. The monoisotopic (exact) mass is 249 g/mol. The molecule has 2 aromatic rings. The maximum absolute atomic E-state index is 5.89. The Bertz CT molecular complexity index is 456. The van der Waals surface area contributed by atoms with Crippen LogP contribution in [0, 0.1) is 0 Å². The maximum atomic E-state index is 5.89. The highest BCUT2D eigenvalue weighted by Crippen LogP contribution is 2.30. The SMILES string of the molecule is CSc1ccccc1OC(CN)c1ccco1. The first-order valence-electron chi connectivity index (χ1n) is 5.38. The van der Waals surface area contributed by atoms with Crippen LogP contribution in [0.5, 0.6) is 5.75 Å². The molecule has 1 atom stereocenters. The number of furan rings is 1. The molecule has 0 bridgehead atoms. The number of benzene rings is 1. The Morgan fingerprint density at radius 2 is 2.12 bits per heavy atom. The van der Waals surface area contributed by atoms with Crippen LogP contribution in [0.15, 0.2) is 52.0 Å². The van der Waals surface area contributed by atoms with Gasteiger partial charge in [0.2, 0.25) is 0 Å². The fraction of sp³-hybridized carbons (Fsp3) is 0.231. The van der Waals surface area contributed by atoms with E-state index in [0.717, 1.165) is 16.4 Å². The summed E-state index contributed by atoms with van der Waals surface area (Å²) in [6.45, 7) is 0.385. The number of hydrogen-bond donors (Lipinski definition) is 1. The standard InChI is InChI=1S/C13H15NO2S/c1-17-13-7-3-2-5-11(13)16-12(9-14)10-6-4-8-15-10/h2-8,12H,9,14H2,1H3. The van der Waals surface area contributed by atoms with Gasteiger partial charge in [0, 0.05) is 11.4 Å². The number of hydrogen-bond acceptors (Lipinski definition) is 4. The molecule has 0 fully saturated rings. The molecule has 17 heavy (non-hydrogen) atoms. The van der Waals surface area contributed by atoms with Crippen molar-refractivity contribution in [1.29, 1.82) is 0 Å². The van der Waals surface area contributed by atoms with E-state index < -0.39 is 0 Å². The largest absolute Gasteiger partial charge is 0.480 e. The molecule has 1 unspecified atom stereocenters. The topological polar surface area (TPSA) is 48.4 Å². The zero-order valence-corrected chi connectivity index (χ0v) is 10.4. The lowest BCUT2D eigenvalue weighted by Gasteiger charge is -2.17. The maximum Gasteiger partial charge on any atom is 0.168 e. The van der Waals surface area contributed by atoms with Crippen LogP contribution >= 0.6 is 11.8 Å². The predicted octanol–water partition coefficient (Wildman–Crippen LogP) is 3.08. The summed E-state index contributed by atoms with van der Waals surface area (Å²) < 4.78 is 11.2. The highest BCUT2D eigenvalue weighted by Gasteiger charge is 2.15. The van der Waals surface area contributed by atoms with Crippen molar-refractivity contribution in [2.75, 3.05) is 12.8 Å². The molecular weight excluding hydrogens is 234 g/mol. The molecule has 1 aromatic carbocycles. The second-order valence-corrected chi connectivity index (χ2v) is 4.36. The van der Waals surface area contributed by atoms with E-state index in [1.807, 2.05) is 42.7 Å². The Balaban J connectivity index is 2.18. The van der Waals surface area contributed by atoms with E-state index >= 15 is 0 Å². The lowest BCUT2D eigenvalue weighted by atomic mass is 10.2. The van der Waals surface area contributed by atoms with Crippen molar-refractivity contribution in [3.05, 3.63) is 48.4 Å². The van der Waals surface area contributed by atoms with Gasteiger partial charge >= 0.3 is 0 Å². The summed E-state index contributed by atoms with van der Waals surface area (Å²) in [5.74, 6) is 1.59. The molecule has 0 radical (unpaired) electrons. The van der Waals surface area contributed by atoms with Gasteiger partial charge in [0.1, 0.15) is 11.5 Å². The summed E-state index contributed by atoms with van der Waals surface area (Å²) in [4.78, 5) is 1.09. The third-order valence-electron chi connectivity index (χ3n) is 2.41. The Morgan fingerprint density at radius 1 is 1.29 bits per heavy atom. The summed E-state index contributed by atoms with van der Waals surface area (Å²) in [5, 5.41) is 0. The fourth-order valence-corrected chi connectivity index (χ4v) is 2.10. The number of ether oxygens (including phenoxy) is 1. The summed E-state index contributed by atoms with van der Waals surface area (Å²) in [6, 6.07) is 11.6. The molecular formula is C13H15NO2S. The fourth-order valence-electron chi connectivity index (χ4n) is 1.57. The molecule has 0 aliphatic heterocycles. The third-order valence-corrected chi connectivity index (χ3v) is 3.19. The van der Waals surface area contributed by atoms with E-state index in [1.165, 1.54) is 0 Å². The lowest BCUT2D eigenvalue weighted by Crippen LogP contribution is -2.18. The first kappa shape index (κ1) is 12.1. The van der Waals surface area contributed by atoms with Crippen LogP contribution in [0.3, 0.4) is 0 Å². The zero-order chi connectivity index (χ0) is 12.1. The van der Waals surface area contributed by atoms with Crippen LogP contribution in [0.1, 0.15) is 11.9 Å². The molecule has 0 amide bonds. The van der Waals surface area contributed by atoms with Crippen LogP contribution in [0.25, 0.3) is 0 Å². The highest BCUT2D eigenvalue weighted by molar-refractivity contribution is 7.98. The molecule has 0 saturated carbocycles. The zero-order valence-electron chi connectivity index (χ0n) is 9.63. The van der Waals surface area contributed by atoms with Crippen LogP contribution in [-0.2, 0) is 0 Å². The van der Waals surface area contributed by atoms with Crippen molar-refractivity contribution in [3.63, 3.8) is 0 Å². The molecule has 2 rings (SSSR count). The lowest BCUT2D eigenvalue weighted by molar-refractivity contribution is 0.179. The van der Waals surface area contributed by atoms with Crippen molar-refractivity contribution in [2.24, 2.45) is 5.73 Å². The normalized spacial score (nSPS) is 12.4. The molecule has 2 N–H and O–H groups in total.